The third-order valence-corrected chi connectivity index (χ3v) is 3.00. The molecule has 5 heteroatoms. The predicted molar refractivity (Wildman–Crippen MR) is 75.2 cm³/mol. The van der Waals surface area contributed by atoms with Crippen LogP contribution in [0.2, 0.25) is 0 Å². The first-order chi connectivity index (χ1) is 9.20. The Bertz CT molecular complexity index is 601. The van der Waals surface area contributed by atoms with Crippen molar-refractivity contribution in [1.29, 1.82) is 0 Å². The Morgan fingerprint density at radius 1 is 1.47 bits per heavy atom. The molecule has 0 aliphatic rings. The normalized spacial score (nSPS) is 11.1. The Hall–Kier alpha value is -1.75. The fourth-order valence-corrected chi connectivity index (χ4v) is 1.98. The Balaban J connectivity index is 1.97. The van der Waals surface area contributed by atoms with Gasteiger partial charge in [0.25, 0.3) is 0 Å². The van der Waals surface area contributed by atoms with Crippen molar-refractivity contribution < 1.29 is 18.7 Å². The van der Waals surface area contributed by atoms with Crippen molar-refractivity contribution in [3.63, 3.8) is 0 Å². The van der Waals surface area contributed by atoms with Crippen molar-refractivity contribution in [2.75, 3.05) is 13.2 Å². The number of fused-ring (bicyclic) bond motifs is 1. The van der Waals surface area contributed by atoms with E-state index in [1.807, 2.05) is 18.2 Å². The summed E-state index contributed by atoms with van der Waals surface area (Å²) in [5, 5.41) is 0.965. The molecule has 0 unspecified atom stereocenters. The lowest BCUT2D eigenvalue weighted by atomic mass is 10.2. The standard InChI is InChI=1S/C14H13BrO4/c1-2-17-14(16)4-3-6-18-13-8-10-5-7-19-12(10)9-11(13)15/h3-5,7-9H,2,6H2,1H3/b4-3+. The van der Waals surface area contributed by atoms with E-state index in [9.17, 15) is 4.79 Å². The van der Waals surface area contributed by atoms with E-state index in [-0.39, 0.29) is 5.97 Å². The highest BCUT2D eigenvalue weighted by molar-refractivity contribution is 9.10. The monoisotopic (exact) mass is 324 g/mol. The van der Waals surface area contributed by atoms with Crippen LogP contribution in [0.4, 0.5) is 0 Å². The average molecular weight is 325 g/mol. The summed E-state index contributed by atoms with van der Waals surface area (Å²) in [6, 6.07) is 5.59. The molecule has 0 atom stereocenters. The smallest absolute Gasteiger partial charge is 0.330 e. The van der Waals surface area contributed by atoms with Crippen molar-refractivity contribution in [2.45, 2.75) is 6.92 Å². The number of hydrogen-bond donors (Lipinski definition) is 0. The molecule has 2 aromatic rings. The molecule has 1 heterocycles. The fourth-order valence-electron chi connectivity index (χ4n) is 1.55. The van der Waals surface area contributed by atoms with Crippen molar-refractivity contribution >= 4 is 32.9 Å². The minimum Gasteiger partial charge on any atom is -0.488 e. The zero-order valence-corrected chi connectivity index (χ0v) is 12.0. The number of carbonyl (C=O) groups is 1. The van der Waals surface area contributed by atoms with Crippen molar-refractivity contribution in [2.24, 2.45) is 0 Å². The number of carbonyl (C=O) groups excluding carboxylic acids is 1. The van der Waals surface area contributed by atoms with Gasteiger partial charge in [0.05, 0.1) is 17.3 Å². The molecule has 0 spiro atoms. The van der Waals surface area contributed by atoms with Gasteiger partial charge < -0.3 is 13.9 Å². The second-order valence-electron chi connectivity index (χ2n) is 3.71. The van der Waals surface area contributed by atoms with Crippen LogP contribution in [0.15, 0.2) is 45.5 Å². The van der Waals surface area contributed by atoms with Crippen LogP contribution >= 0.6 is 15.9 Å². The van der Waals surface area contributed by atoms with Gasteiger partial charge in [0.15, 0.2) is 0 Å². The van der Waals surface area contributed by atoms with Crippen LogP contribution < -0.4 is 4.74 Å². The van der Waals surface area contributed by atoms with Gasteiger partial charge in [-0.25, -0.2) is 4.79 Å². The van der Waals surface area contributed by atoms with Gasteiger partial charge >= 0.3 is 5.97 Å². The quantitative estimate of drug-likeness (QED) is 0.621. The second kappa shape index (κ2) is 6.43. The molecule has 1 aromatic carbocycles. The van der Waals surface area contributed by atoms with E-state index < -0.39 is 0 Å². The van der Waals surface area contributed by atoms with Crippen LogP contribution in [0.25, 0.3) is 11.0 Å². The van der Waals surface area contributed by atoms with Crippen molar-refractivity contribution in [1.82, 2.24) is 0 Å². The van der Waals surface area contributed by atoms with E-state index in [4.69, 9.17) is 13.9 Å². The highest BCUT2D eigenvalue weighted by atomic mass is 79.9. The Labute approximate surface area is 119 Å². The first-order valence-corrected chi connectivity index (χ1v) is 6.63. The fraction of sp³-hybridized carbons (Fsp3) is 0.214. The maximum absolute atomic E-state index is 11.1. The molecule has 1 aromatic heterocycles. The van der Waals surface area contributed by atoms with Gasteiger partial charge in [-0.3, -0.25) is 0 Å². The molecule has 0 radical (unpaired) electrons. The zero-order valence-electron chi connectivity index (χ0n) is 10.4. The molecule has 0 fully saturated rings. The van der Waals surface area contributed by atoms with Gasteiger partial charge in [0, 0.05) is 11.5 Å². The van der Waals surface area contributed by atoms with E-state index in [2.05, 4.69) is 15.9 Å². The lowest BCUT2D eigenvalue weighted by Gasteiger charge is -2.05. The van der Waals surface area contributed by atoms with E-state index in [0.29, 0.717) is 19.0 Å². The van der Waals surface area contributed by atoms with Crippen LogP contribution in [0.3, 0.4) is 0 Å². The number of halogens is 1. The molecule has 0 saturated heterocycles. The number of furan rings is 1. The van der Waals surface area contributed by atoms with Crippen LogP contribution in [0.5, 0.6) is 5.75 Å². The summed E-state index contributed by atoms with van der Waals surface area (Å²) >= 11 is 3.41. The highest BCUT2D eigenvalue weighted by Gasteiger charge is 2.05. The Kier molecular flexibility index (Phi) is 4.63. The number of ether oxygens (including phenoxy) is 2. The molecular weight excluding hydrogens is 312 g/mol. The number of benzene rings is 1. The third kappa shape index (κ3) is 3.61. The van der Waals surface area contributed by atoms with E-state index in [0.717, 1.165) is 15.4 Å². The molecule has 0 amide bonds. The van der Waals surface area contributed by atoms with Crippen molar-refractivity contribution in [3.05, 3.63) is 41.1 Å². The molecule has 2 rings (SSSR count). The van der Waals surface area contributed by atoms with Crippen molar-refractivity contribution in [3.8, 4) is 5.75 Å². The number of esters is 1. The molecule has 0 aliphatic carbocycles. The lowest BCUT2D eigenvalue weighted by molar-refractivity contribution is -0.137. The summed E-state index contributed by atoms with van der Waals surface area (Å²) in [7, 11) is 0. The maximum atomic E-state index is 11.1. The van der Waals surface area contributed by atoms with Gasteiger partial charge in [-0.15, -0.1) is 0 Å². The molecule has 0 N–H and O–H groups in total. The summed E-state index contributed by atoms with van der Waals surface area (Å²) in [5.74, 6) is 0.331. The summed E-state index contributed by atoms with van der Waals surface area (Å²) in [4.78, 5) is 11.1. The van der Waals surface area contributed by atoms with E-state index in [1.165, 1.54) is 6.08 Å². The first-order valence-electron chi connectivity index (χ1n) is 5.83. The Morgan fingerprint density at radius 2 is 2.32 bits per heavy atom. The van der Waals surface area contributed by atoms with Crippen LogP contribution in [-0.2, 0) is 9.53 Å². The van der Waals surface area contributed by atoms with E-state index >= 15 is 0 Å². The molecule has 19 heavy (non-hydrogen) atoms. The first kappa shape index (κ1) is 13.7. The minimum absolute atomic E-state index is 0.292. The molecule has 0 bridgehead atoms. The number of rotatable bonds is 5. The van der Waals surface area contributed by atoms with Gasteiger partial charge in [0.2, 0.25) is 0 Å². The lowest BCUT2D eigenvalue weighted by Crippen LogP contribution is -2.01. The van der Waals surface area contributed by atoms with Crippen LogP contribution in [0.1, 0.15) is 6.92 Å². The van der Waals surface area contributed by atoms with Crippen LogP contribution in [0, 0.1) is 0 Å². The molecule has 0 aliphatic heterocycles. The molecule has 4 nitrogen and oxygen atoms in total. The van der Waals surface area contributed by atoms with Gasteiger partial charge in [0.1, 0.15) is 17.9 Å². The summed E-state index contributed by atoms with van der Waals surface area (Å²) in [6.07, 6.45) is 4.60. The summed E-state index contributed by atoms with van der Waals surface area (Å²) in [5.41, 5.74) is 0.793. The SMILES string of the molecule is CCOC(=O)/C=C/COc1cc2ccoc2cc1Br. The van der Waals surface area contributed by atoms with E-state index in [1.54, 1.807) is 19.3 Å². The molecule has 100 valence electrons. The van der Waals surface area contributed by atoms with Gasteiger partial charge in [-0.1, -0.05) is 0 Å². The summed E-state index contributed by atoms with van der Waals surface area (Å²) < 4.78 is 16.4. The molecule has 0 saturated carbocycles. The molecular formula is C14H13BrO4. The maximum Gasteiger partial charge on any atom is 0.330 e. The highest BCUT2D eigenvalue weighted by Crippen LogP contribution is 2.30. The second-order valence-corrected chi connectivity index (χ2v) is 4.56. The number of hydrogen-bond acceptors (Lipinski definition) is 4. The minimum atomic E-state index is -0.365. The van der Waals surface area contributed by atoms with Crippen LogP contribution in [-0.4, -0.2) is 19.2 Å². The Morgan fingerprint density at radius 3 is 3.11 bits per heavy atom. The van der Waals surface area contributed by atoms with Gasteiger partial charge in [-0.05, 0) is 47.1 Å². The zero-order chi connectivity index (χ0) is 13.7. The predicted octanol–water partition coefficient (Wildman–Crippen LogP) is 3.69. The van der Waals surface area contributed by atoms with Gasteiger partial charge in [-0.2, -0.15) is 0 Å². The summed E-state index contributed by atoms with van der Waals surface area (Å²) in [6.45, 7) is 2.42. The largest absolute Gasteiger partial charge is 0.488 e. The third-order valence-electron chi connectivity index (χ3n) is 2.38. The topological polar surface area (TPSA) is 48.7 Å². The average Bonchev–Trinajstić information content (AvgIpc) is 2.82.